The number of amides is 2. The van der Waals surface area contributed by atoms with Crippen LogP contribution in [0.4, 0.5) is 0 Å². The van der Waals surface area contributed by atoms with Crippen molar-refractivity contribution in [2.45, 2.75) is 46.2 Å². The third-order valence-electron chi connectivity index (χ3n) is 3.89. The molecule has 0 spiro atoms. The summed E-state index contributed by atoms with van der Waals surface area (Å²) in [5, 5.41) is 2.84. The molecule has 1 aromatic rings. The molecule has 0 aromatic carbocycles. The summed E-state index contributed by atoms with van der Waals surface area (Å²) in [6, 6.07) is 2.97. The van der Waals surface area contributed by atoms with Gasteiger partial charge in [0.15, 0.2) is 0 Å². The lowest BCUT2D eigenvalue weighted by atomic mass is 9.84. The number of nitrogens with zero attached hydrogens (tertiary/aromatic N) is 2. The molecular weight excluding hydrogens is 266 g/mol. The van der Waals surface area contributed by atoms with Crippen molar-refractivity contribution in [2.24, 2.45) is 5.41 Å². The zero-order valence-corrected chi connectivity index (χ0v) is 13.1. The fourth-order valence-electron chi connectivity index (χ4n) is 2.51. The lowest BCUT2D eigenvalue weighted by Gasteiger charge is -2.42. The van der Waals surface area contributed by atoms with Gasteiger partial charge in [-0.05, 0) is 30.4 Å². The van der Waals surface area contributed by atoms with Crippen LogP contribution >= 0.6 is 0 Å². The Morgan fingerprint density at radius 1 is 1.33 bits per heavy atom. The third-order valence-corrected chi connectivity index (χ3v) is 3.89. The minimum atomic E-state index is -0.463. The van der Waals surface area contributed by atoms with E-state index in [2.05, 4.69) is 10.3 Å². The number of carbonyl (C=O) groups excluding carboxylic acids is 2. The van der Waals surface area contributed by atoms with E-state index in [-0.39, 0.29) is 17.2 Å². The molecule has 2 heterocycles. The number of aromatic nitrogens is 1. The summed E-state index contributed by atoms with van der Waals surface area (Å²) >= 11 is 0. The quantitative estimate of drug-likeness (QED) is 0.914. The summed E-state index contributed by atoms with van der Waals surface area (Å²) in [7, 11) is 0. The fourth-order valence-corrected chi connectivity index (χ4v) is 2.51. The number of carbonyl (C=O) groups is 2. The first-order valence-corrected chi connectivity index (χ1v) is 7.30. The van der Waals surface area contributed by atoms with Gasteiger partial charge in [-0.25, -0.2) is 0 Å². The second-order valence-electron chi connectivity index (χ2n) is 6.63. The molecule has 5 nitrogen and oxygen atoms in total. The van der Waals surface area contributed by atoms with Crippen LogP contribution in [-0.2, 0) is 16.0 Å². The molecule has 2 amide bonds. The molecule has 1 saturated heterocycles. The Kier molecular flexibility index (Phi) is 4.30. The lowest BCUT2D eigenvalue weighted by molar-refractivity contribution is -0.151. The van der Waals surface area contributed by atoms with Gasteiger partial charge >= 0.3 is 0 Å². The van der Waals surface area contributed by atoms with Crippen molar-refractivity contribution >= 4 is 11.8 Å². The van der Waals surface area contributed by atoms with Gasteiger partial charge in [-0.3, -0.25) is 14.6 Å². The second-order valence-corrected chi connectivity index (χ2v) is 6.63. The highest BCUT2D eigenvalue weighted by Gasteiger charge is 2.43. The SMILES string of the molecule is CC1C(=O)NC(C(C)(C)C)C(=O)N1CCc1cccnc1. The molecule has 1 fully saturated rings. The molecular formula is C16H23N3O2. The minimum Gasteiger partial charge on any atom is -0.342 e. The van der Waals surface area contributed by atoms with E-state index in [9.17, 15) is 9.59 Å². The standard InChI is InChI=1S/C16H23N3O2/c1-11-14(20)18-13(16(2,3)4)15(21)19(11)9-7-12-6-5-8-17-10-12/h5-6,8,10-11,13H,7,9H2,1-4H3,(H,18,20). The Morgan fingerprint density at radius 2 is 2.05 bits per heavy atom. The summed E-state index contributed by atoms with van der Waals surface area (Å²) in [5.74, 6) is -0.0841. The highest BCUT2D eigenvalue weighted by Crippen LogP contribution is 2.25. The first kappa shape index (κ1) is 15.5. The maximum absolute atomic E-state index is 12.6. The summed E-state index contributed by atoms with van der Waals surface area (Å²) < 4.78 is 0. The molecule has 1 aromatic heterocycles. The van der Waals surface area contributed by atoms with Gasteiger partial charge < -0.3 is 10.2 Å². The molecule has 2 unspecified atom stereocenters. The largest absolute Gasteiger partial charge is 0.342 e. The Labute approximate surface area is 125 Å². The topological polar surface area (TPSA) is 62.3 Å². The van der Waals surface area contributed by atoms with Gasteiger partial charge in [0.25, 0.3) is 0 Å². The van der Waals surface area contributed by atoms with Gasteiger partial charge in [0.2, 0.25) is 11.8 Å². The highest BCUT2D eigenvalue weighted by molar-refractivity contribution is 5.97. The van der Waals surface area contributed by atoms with E-state index in [1.807, 2.05) is 32.9 Å². The molecule has 0 radical (unpaired) electrons. The molecule has 5 heteroatoms. The smallest absolute Gasteiger partial charge is 0.246 e. The Hall–Kier alpha value is -1.91. The van der Waals surface area contributed by atoms with Gasteiger partial charge in [0.05, 0.1) is 0 Å². The third kappa shape index (κ3) is 3.40. The van der Waals surface area contributed by atoms with Crippen LogP contribution in [0.15, 0.2) is 24.5 Å². The number of hydrogen-bond donors (Lipinski definition) is 1. The van der Waals surface area contributed by atoms with E-state index >= 15 is 0 Å². The van der Waals surface area contributed by atoms with Gasteiger partial charge in [-0.15, -0.1) is 0 Å². The Balaban J connectivity index is 2.12. The van der Waals surface area contributed by atoms with Gasteiger partial charge in [-0.1, -0.05) is 26.8 Å². The number of piperazine rings is 1. The van der Waals surface area contributed by atoms with Crippen molar-refractivity contribution in [2.75, 3.05) is 6.54 Å². The molecule has 1 aliphatic rings. The van der Waals surface area contributed by atoms with Crippen LogP contribution in [0.2, 0.25) is 0 Å². The number of hydrogen-bond acceptors (Lipinski definition) is 3. The highest BCUT2D eigenvalue weighted by atomic mass is 16.2. The van der Waals surface area contributed by atoms with Crippen LogP contribution in [0.1, 0.15) is 33.3 Å². The maximum Gasteiger partial charge on any atom is 0.246 e. The minimum absolute atomic E-state index is 0.00140. The summed E-state index contributed by atoms with van der Waals surface area (Å²) in [6.07, 6.45) is 4.22. The van der Waals surface area contributed by atoms with Gasteiger partial charge in [-0.2, -0.15) is 0 Å². The van der Waals surface area contributed by atoms with Crippen molar-refractivity contribution in [1.82, 2.24) is 15.2 Å². The fraction of sp³-hybridized carbons (Fsp3) is 0.562. The van der Waals surface area contributed by atoms with E-state index < -0.39 is 12.1 Å². The molecule has 114 valence electrons. The van der Waals surface area contributed by atoms with E-state index in [0.29, 0.717) is 13.0 Å². The maximum atomic E-state index is 12.6. The van der Waals surface area contributed by atoms with Crippen LogP contribution in [0.25, 0.3) is 0 Å². The lowest BCUT2D eigenvalue weighted by Crippen LogP contribution is -2.66. The number of rotatable bonds is 3. The molecule has 0 bridgehead atoms. The molecule has 0 aliphatic carbocycles. The average Bonchev–Trinajstić information content (AvgIpc) is 2.42. The Bertz CT molecular complexity index is 522. The monoisotopic (exact) mass is 289 g/mol. The van der Waals surface area contributed by atoms with Crippen LogP contribution in [0, 0.1) is 5.41 Å². The van der Waals surface area contributed by atoms with Crippen LogP contribution in [0.5, 0.6) is 0 Å². The van der Waals surface area contributed by atoms with E-state index in [0.717, 1.165) is 5.56 Å². The van der Waals surface area contributed by atoms with Crippen LogP contribution in [-0.4, -0.2) is 40.3 Å². The predicted octanol–water partition coefficient (Wildman–Crippen LogP) is 1.39. The van der Waals surface area contributed by atoms with Gasteiger partial charge in [0, 0.05) is 18.9 Å². The molecule has 1 N–H and O–H groups in total. The molecule has 2 atom stereocenters. The summed E-state index contributed by atoms with van der Waals surface area (Å²) in [6.45, 7) is 8.20. The average molecular weight is 289 g/mol. The summed E-state index contributed by atoms with van der Waals surface area (Å²) in [5.41, 5.74) is 0.773. The first-order chi connectivity index (χ1) is 9.80. The predicted molar refractivity (Wildman–Crippen MR) is 80.5 cm³/mol. The summed E-state index contributed by atoms with van der Waals surface area (Å²) in [4.78, 5) is 30.5. The van der Waals surface area contributed by atoms with Crippen molar-refractivity contribution in [1.29, 1.82) is 0 Å². The van der Waals surface area contributed by atoms with Crippen LogP contribution < -0.4 is 5.32 Å². The zero-order valence-electron chi connectivity index (χ0n) is 13.1. The normalized spacial score (nSPS) is 23.1. The molecule has 2 rings (SSSR count). The second kappa shape index (κ2) is 5.84. The van der Waals surface area contributed by atoms with Crippen molar-refractivity contribution in [3.63, 3.8) is 0 Å². The molecule has 21 heavy (non-hydrogen) atoms. The van der Waals surface area contributed by atoms with Crippen molar-refractivity contribution in [3.8, 4) is 0 Å². The van der Waals surface area contributed by atoms with E-state index in [1.54, 1.807) is 24.2 Å². The van der Waals surface area contributed by atoms with Crippen molar-refractivity contribution in [3.05, 3.63) is 30.1 Å². The molecule has 0 saturated carbocycles. The zero-order chi connectivity index (χ0) is 15.6. The van der Waals surface area contributed by atoms with Crippen molar-refractivity contribution < 1.29 is 9.59 Å². The van der Waals surface area contributed by atoms with Crippen LogP contribution in [0.3, 0.4) is 0 Å². The molecule has 1 aliphatic heterocycles. The number of nitrogens with one attached hydrogen (secondary N) is 1. The Morgan fingerprint density at radius 3 is 2.62 bits per heavy atom. The van der Waals surface area contributed by atoms with E-state index in [4.69, 9.17) is 0 Å². The number of pyridine rings is 1. The first-order valence-electron chi connectivity index (χ1n) is 7.30. The van der Waals surface area contributed by atoms with Gasteiger partial charge in [0.1, 0.15) is 12.1 Å². The van der Waals surface area contributed by atoms with E-state index in [1.165, 1.54) is 0 Å².